The fraction of sp³-hybridized carbons (Fsp3) is 0.462. The molecular formula is C13H16FNO2. The van der Waals surface area contributed by atoms with Crippen LogP contribution in [-0.2, 0) is 0 Å². The molecule has 2 atom stereocenters. The van der Waals surface area contributed by atoms with E-state index in [4.69, 9.17) is 0 Å². The van der Waals surface area contributed by atoms with Crippen molar-refractivity contribution in [1.29, 1.82) is 0 Å². The highest BCUT2D eigenvalue weighted by Crippen LogP contribution is 2.18. The second-order valence-corrected chi connectivity index (χ2v) is 4.59. The van der Waals surface area contributed by atoms with Crippen molar-refractivity contribution in [2.75, 3.05) is 13.1 Å². The topological polar surface area (TPSA) is 40.5 Å². The van der Waals surface area contributed by atoms with Crippen molar-refractivity contribution in [3.8, 4) is 0 Å². The molecule has 92 valence electrons. The summed E-state index contributed by atoms with van der Waals surface area (Å²) in [6.45, 7) is 2.97. The van der Waals surface area contributed by atoms with Crippen molar-refractivity contribution in [3.63, 3.8) is 0 Å². The van der Waals surface area contributed by atoms with Gasteiger partial charge in [0.05, 0.1) is 6.10 Å². The Bertz CT molecular complexity index is 422. The number of hydrogen-bond acceptors (Lipinski definition) is 2. The van der Waals surface area contributed by atoms with Gasteiger partial charge in [-0.25, -0.2) is 4.39 Å². The number of nitrogens with zero attached hydrogens (tertiary/aromatic N) is 1. The minimum absolute atomic E-state index is 0.0706. The normalized spacial score (nSPS) is 24.8. The predicted octanol–water partition coefficient (Wildman–Crippen LogP) is 1.67. The summed E-state index contributed by atoms with van der Waals surface area (Å²) in [6, 6.07) is 5.71. The van der Waals surface area contributed by atoms with Gasteiger partial charge < -0.3 is 10.0 Å². The van der Waals surface area contributed by atoms with Crippen molar-refractivity contribution in [3.05, 3.63) is 35.6 Å². The fourth-order valence-electron chi connectivity index (χ4n) is 2.12. The number of carbonyl (C=O) groups excluding carboxylic acids is 1. The summed E-state index contributed by atoms with van der Waals surface area (Å²) >= 11 is 0. The molecule has 0 saturated carbocycles. The van der Waals surface area contributed by atoms with Crippen LogP contribution in [0, 0.1) is 11.7 Å². The molecular weight excluding hydrogens is 221 g/mol. The van der Waals surface area contributed by atoms with Crippen molar-refractivity contribution < 1.29 is 14.3 Å². The van der Waals surface area contributed by atoms with Crippen LogP contribution in [0.25, 0.3) is 0 Å². The molecule has 1 heterocycles. The first-order valence-electron chi connectivity index (χ1n) is 5.81. The lowest BCUT2D eigenvalue weighted by Crippen LogP contribution is -2.44. The summed E-state index contributed by atoms with van der Waals surface area (Å²) in [4.78, 5) is 13.8. The van der Waals surface area contributed by atoms with E-state index in [1.807, 2.05) is 6.92 Å². The summed E-state index contributed by atoms with van der Waals surface area (Å²) in [6.07, 6.45) is 0.244. The quantitative estimate of drug-likeness (QED) is 0.807. The van der Waals surface area contributed by atoms with E-state index in [0.717, 1.165) is 0 Å². The Morgan fingerprint density at radius 1 is 1.53 bits per heavy atom. The highest BCUT2D eigenvalue weighted by atomic mass is 19.1. The third-order valence-electron chi connectivity index (χ3n) is 3.22. The van der Waals surface area contributed by atoms with Crippen LogP contribution in [0.1, 0.15) is 23.7 Å². The number of halogens is 1. The molecule has 0 aliphatic carbocycles. The highest BCUT2D eigenvalue weighted by molar-refractivity contribution is 5.94. The van der Waals surface area contributed by atoms with Gasteiger partial charge in [0.15, 0.2) is 0 Å². The van der Waals surface area contributed by atoms with Crippen LogP contribution in [0.5, 0.6) is 0 Å². The number of amides is 1. The molecule has 1 saturated heterocycles. The lowest BCUT2D eigenvalue weighted by Gasteiger charge is -2.34. The van der Waals surface area contributed by atoms with Gasteiger partial charge in [0.1, 0.15) is 5.82 Å². The molecule has 1 fully saturated rings. The SMILES string of the molecule is CC1CN(C(=O)c2cccc(F)c2)CCC1O. The van der Waals surface area contributed by atoms with E-state index < -0.39 is 5.82 Å². The van der Waals surface area contributed by atoms with Gasteiger partial charge >= 0.3 is 0 Å². The maximum Gasteiger partial charge on any atom is 0.253 e. The highest BCUT2D eigenvalue weighted by Gasteiger charge is 2.27. The Hall–Kier alpha value is -1.42. The zero-order valence-electron chi connectivity index (χ0n) is 9.77. The van der Waals surface area contributed by atoms with Gasteiger partial charge in [0.2, 0.25) is 0 Å². The van der Waals surface area contributed by atoms with E-state index >= 15 is 0 Å². The van der Waals surface area contributed by atoms with Crippen molar-refractivity contribution >= 4 is 5.91 Å². The zero-order valence-corrected chi connectivity index (χ0v) is 9.77. The Balaban J connectivity index is 2.10. The van der Waals surface area contributed by atoms with E-state index in [1.165, 1.54) is 18.2 Å². The van der Waals surface area contributed by atoms with Crippen LogP contribution < -0.4 is 0 Å². The number of carbonyl (C=O) groups is 1. The average molecular weight is 237 g/mol. The number of piperidine rings is 1. The predicted molar refractivity (Wildman–Crippen MR) is 62.1 cm³/mol. The minimum Gasteiger partial charge on any atom is -0.393 e. The smallest absolute Gasteiger partial charge is 0.253 e. The summed E-state index contributed by atoms with van der Waals surface area (Å²) in [7, 11) is 0. The van der Waals surface area contributed by atoms with E-state index in [2.05, 4.69) is 0 Å². The van der Waals surface area contributed by atoms with Gasteiger partial charge in [-0.3, -0.25) is 4.79 Å². The number of aliphatic hydroxyl groups is 1. The van der Waals surface area contributed by atoms with Gasteiger partial charge in [0, 0.05) is 18.7 Å². The standard InChI is InChI=1S/C13H16FNO2/c1-9-8-15(6-5-12(9)16)13(17)10-3-2-4-11(14)7-10/h2-4,7,9,12,16H,5-6,8H2,1H3. The van der Waals surface area contributed by atoms with Crippen molar-refractivity contribution in [2.45, 2.75) is 19.4 Å². The van der Waals surface area contributed by atoms with Crippen LogP contribution >= 0.6 is 0 Å². The van der Waals surface area contributed by atoms with E-state index in [9.17, 15) is 14.3 Å². The Kier molecular flexibility index (Phi) is 3.43. The molecule has 17 heavy (non-hydrogen) atoms. The molecule has 1 aromatic rings. The molecule has 4 heteroatoms. The number of rotatable bonds is 1. The van der Waals surface area contributed by atoms with Crippen LogP contribution in [0.15, 0.2) is 24.3 Å². The van der Waals surface area contributed by atoms with Gasteiger partial charge in [-0.2, -0.15) is 0 Å². The first-order valence-corrected chi connectivity index (χ1v) is 5.81. The molecule has 1 amide bonds. The van der Waals surface area contributed by atoms with Gasteiger partial charge in [-0.15, -0.1) is 0 Å². The van der Waals surface area contributed by atoms with Crippen LogP contribution in [0.3, 0.4) is 0 Å². The first-order chi connectivity index (χ1) is 8.08. The van der Waals surface area contributed by atoms with E-state index in [1.54, 1.807) is 11.0 Å². The molecule has 1 aliphatic rings. The number of aliphatic hydroxyl groups excluding tert-OH is 1. The van der Waals surface area contributed by atoms with Gasteiger partial charge in [-0.1, -0.05) is 13.0 Å². The second-order valence-electron chi connectivity index (χ2n) is 4.59. The molecule has 3 nitrogen and oxygen atoms in total. The molecule has 1 aliphatic heterocycles. The zero-order chi connectivity index (χ0) is 12.4. The monoisotopic (exact) mass is 237 g/mol. The number of hydrogen-bond donors (Lipinski definition) is 1. The van der Waals surface area contributed by atoms with Crippen molar-refractivity contribution in [1.82, 2.24) is 4.90 Å². The summed E-state index contributed by atoms with van der Waals surface area (Å²) < 4.78 is 13.0. The Morgan fingerprint density at radius 2 is 2.29 bits per heavy atom. The van der Waals surface area contributed by atoms with E-state index in [-0.39, 0.29) is 17.9 Å². The molecule has 2 unspecified atom stereocenters. The minimum atomic E-state index is -0.402. The Labute approximate surface area is 99.9 Å². The third kappa shape index (κ3) is 2.64. The average Bonchev–Trinajstić information content (AvgIpc) is 2.32. The number of likely N-dealkylation sites (tertiary alicyclic amines) is 1. The molecule has 1 aromatic carbocycles. The lowest BCUT2D eigenvalue weighted by atomic mass is 9.96. The molecule has 2 rings (SSSR count). The van der Waals surface area contributed by atoms with Gasteiger partial charge in [-0.05, 0) is 30.5 Å². The van der Waals surface area contributed by atoms with Crippen molar-refractivity contribution in [2.24, 2.45) is 5.92 Å². The fourth-order valence-corrected chi connectivity index (χ4v) is 2.12. The second kappa shape index (κ2) is 4.84. The van der Waals surface area contributed by atoms with E-state index in [0.29, 0.717) is 25.1 Å². The molecule has 0 aromatic heterocycles. The lowest BCUT2D eigenvalue weighted by molar-refractivity contribution is 0.0297. The summed E-state index contributed by atoms with van der Waals surface area (Å²) in [5.74, 6) is -0.495. The third-order valence-corrected chi connectivity index (χ3v) is 3.22. The molecule has 0 bridgehead atoms. The molecule has 1 N–H and O–H groups in total. The van der Waals surface area contributed by atoms with Crippen LogP contribution in [0.2, 0.25) is 0 Å². The van der Waals surface area contributed by atoms with Crippen LogP contribution in [-0.4, -0.2) is 35.1 Å². The summed E-state index contributed by atoms with van der Waals surface area (Å²) in [5.41, 5.74) is 0.369. The maximum absolute atomic E-state index is 13.0. The molecule has 0 radical (unpaired) electrons. The van der Waals surface area contributed by atoms with Gasteiger partial charge in [0.25, 0.3) is 5.91 Å². The first kappa shape index (κ1) is 12.0. The Morgan fingerprint density at radius 3 is 2.94 bits per heavy atom. The molecule has 0 spiro atoms. The van der Waals surface area contributed by atoms with Crippen LogP contribution in [0.4, 0.5) is 4.39 Å². The maximum atomic E-state index is 13.0. The largest absolute Gasteiger partial charge is 0.393 e. The summed E-state index contributed by atoms with van der Waals surface area (Å²) in [5, 5.41) is 9.59. The number of benzene rings is 1.